The second kappa shape index (κ2) is 8.39. The van der Waals surface area contributed by atoms with Crippen LogP contribution in [0.5, 0.6) is 0 Å². The van der Waals surface area contributed by atoms with Crippen molar-refractivity contribution in [1.82, 2.24) is 5.48 Å². The van der Waals surface area contributed by atoms with Crippen molar-refractivity contribution in [3.8, 4) is 0 Å². The standard InChI is InChI=1S/C18H19F2NO2/c19-16-10-9-15(17(20)12-16)4-2-1-3-13-5-7-14(8-6-13)11-18(22)21-23/h5-10,12,23H,1-4,11H2,(H,21,22). The first kappa shape index (κ1) is 17.1. The van der Waals surface area contributed by atoms with Gasteiger partial charge in [-0.05, 0) is 48.4 Å². The van der Waals surface area contributed by atoms with E-state index < -0.39 is 17.5 Å². The van der Waals surface area contributed by atoms with E-state index in [0.717, 1.165) is 36.5 Å². The van der Waals surface area contributed by atoms with Crippen LogP contribution in [0, 0.1) is 11.6 Å². The Kier molecular flexibility index (Phi) is 6.23. The Morgan fingerprint density at radius 2 is 1.61 bits per heavy atom. The second-order valence-corrected chi connectivity index (χ2v) is 5.47. The molecule has 0 saturated heterocycles. The van der Waals surface area contributed by atoms with Gasteiger partial charge in [0.2, 0.25) is 5.91 Å². The van der Waals surface area contributed by atoms with E-state index in [1.807, 2.05) is 24.3 Å². The highest BCUT2D eigenvalue weighted by Crippen LogP contribution is 2.14. The van der Waals surface area contributed by atoms with Gasteiger partial charge in [-0.2, -0.15) is 0 Å². The van der Waals surface area contributed by atoms with Gasteiger partial charge in [-0.15, -0.1) is 0 Å². The third-order valence-corrected chi connectivity index (χ3v) is 3.69. The molecule has 122 valence electrons. The molecule has 5 heteroatoms. The highest BCUT2D eigenvalue weighted by molar-refractivity contribution is 5.77. The lowest BCUT2D eigenvalue weighted by Crippen LogP contribution is -2.20. The summed E-state index contributed by atoms with van der Waals surface area (Å²) in [4.78, 5) is 11.0. The Morgan fingerprint density at radius 3 is 2.26 bits per heavy atom. The molecule has 0 unspecified atom stereocenters. The van der Waals surface area contributed by atoms with Crippen LogP contribution < -0.4 is 5.48 Å². The lowest BCUT2D eigenvalue weighted by Gasteiger charge is -2.05. The fourth-order valence-electron chi connectivity index (χ4n) is 2.42. The average Bonchev–Trinajstić information content (AvgIpc) is 2.54. The van der Waals surface area contributed by atoms with E-state index in [4.69, 9.17) is 5.21 Å². The highest BCUT2D eigenvalue weighted by atomic mass is 19.1. The molecule has 0 fully saturated rings. The van der Waals surface area contributed by atoms with Crippen LogP contribution in [-0.2, 0) is 24.1 Å². The van der Waals surface area contributed by atoms with E-state index in [2.05, 4.69) is 0 Å². The monoisotopic (exact) mass is 319 g/mol. The number of benzene rings is 2. The van der Waals surface area contributed by atoms with Gasteiger partial charge in [-0.25, -0.2) is 14.3 Å². The number of carbonyl (C=O) groups is 1. The smallest absolute Gasteiger partial charge is 0.247 e. The number of nitrogens with one attached hydrogen (secondary N) is 1. The molecule has 2 N–H and O–H groups in total. The first-order valence-corrected chi connectivity index (χ1v) is 7.53. The van der Waals surface area contributed by atoms with Gasteiger partial charge in [0.05, 0.1) is 6.42 Å². The number of hydrogen-bond acceptors (Lipinski definition) is 2. The van der Waals surface area contributed by atoms with Gasteiger partial charge >= 0.3 is 0 Å². The molecule has 2 aromatic carbocycles. The largest absolute Gasteiger partial charge is 0.289 e. The van der Waals surface area contributed by atoms with Crippen LogP contribution >= 0.6 is 0 Å². The lowest BCUT2D eigenvalue weighted by molar-refractivity contribution is -0.128. The van der Waals surface area contributed by atoms with Crippen molar-refractivity contribution >= 4 is 5.91 Å². The first-order chi connectivity index (χ1) is 11.1. The zero-order valence-corrected chi connectivity index (χ0v) is 12.7. The fraction of sp³-hybridized carbons (Fsp3) is 0.278. The maximum atomic E-state index is 13.5. The van der Waals surface area contributed by atoms with Crippen LogP contribution in [0.4, 0.5) is 8.78 Å². The number of unbranched alkanes of at least 4 members (excludes halogenated alkanes) is 1. The van der Waals surface area contributed by atoms with Crippen molar-refractivity contribution in [2.24, 2.45) is 0 Å². The van der Waals surface area contributed by atoms with Crippen molar-refractivity contribution in [2.45, 2.75) is 32.1 Å². The number of halogens is 2. The molecule has 0 spiro atoms. The molecule has 0 atom stereocenters. The normalized spacial score (nSPS) is 10.6. The van der Waals surface area contributed by atoms with Gasteiger partial charge in [0.25, 0.3) is 0 Å². The molecule has 0 aliphatic rings. The summed E-state index contributed by atoms with van der Waals surface area (Å²) in [6, 6.07) is 11.3. The van der Waals surface area contributed by atoms with Crippen LogP contribution in [0.25, 0.3) is 0 Å². The van der Waals surface area contributed by atoms with E-state index in [-0.39, 0.29) is 6.42 Å². The second-order valence-electron chi connectivity index (χ2n) is 5.47. The molecule has 2 rings (SSSR count). The topological polar surface area (TPSA) is 49.3 Å². The predicted octanol–water partition coefficient (Wildman–Crippen LogP) is 3.58. The maximum absolute atomic E-state index is 13.5. The lowest BCUT2D eigenvalue weighted by atomic mass is 10.0. The molecule has 0 saturated carbocycles. The summed E-state index contributed by atoms with van der Waals surface area (Å²) in [6.45, 7) is 0. The molecule has 0 aliphatic heterocycles. The van der Waals surface area contributed by atoms with Crippen molar-refractivity contribution < 1.29 is 18.8 Å². The van der Waals surface area contributed by atoms with Gasteiger partial charge in [0.1, 0.15) is 11.6 Å². The maximum Gasteiger partial charge on any atom is 0.247 e. The summed E-state index contributed by atoms with van der Waals surface area (Å²) in [6.07, 6.45) is 3.29. The van der Waals surface area contributed by atoms with Gasteiger partial charge in [-0.1, -0.05) is 30.3 Å². The average molecular weight is 319 g/mol. The fourth-order valence-corrected chi connectivity index (χ4v) is 2.42. The number of aryl methyl sites for hydroxylation is 2. The van der Waals surface area contributed by atoms with Crippen LogP contribution in [-0.4, -0.2) is 11.1 Å². The molecule has 1 amide bonds. The number of hydroxylamine groups is 1. The molecule has 0 radical (unpaired) electrons. The molecular formula is C18H19F2NO2. The zero-order chi connectivity index (χ0) is 16.7. The molecule has 3 nitrogen and oxygen atoms in total. The van der Waals surface area contributed by atoms with E-state index in [1.54, 1.807) is 5.48 Å². The van der Waals surface area contributed by atoms with Gasteiger partial charge in [-0.3, -0.25) is 10.0 Å². The number of hydrogen-bond donors (Lipinski definition) is 2. The Labute approximate surface area is 133 Å². The first-order valence-electron chi connectivity index (χ1n) is 7.53. The highest BCUT2D eigenvalue weighted by Gasteiger charge is 2.04. The van der Waals surface area contributed by atoms with Gasteiger partial charge in [0, 0.05) is 6.07 Å². The van der Waals surface area contributed by atoms with Crippen LogP contribution in [0.2, 0.25) is 0 Å². The Hall–Kier alpha value is -2.27. The number of rotatable bonds is 7. The van der Waals surface area contributed by atoms with E-state index in [9.17, 15) is 13.6 Å². The Balaban J connectivity index is 1.76. The Morgan fingerprint density at radius 1 is 0.957 bits per heavy atom. The van der Waals surface area contributed by atoms with E-state index in [0.29, 0.717) is 12.0 Å². The summed E-state index contributed by atoms with van der Waals surface area (Å²) in [5.74, 6) is -1.49. The minimum absolute atomic E-state index is 0.140. The molecule has 0 aromatic heterocycles. The van der Waals surface area contributed by atoms with E-state index in [1.165, 1.54) is 12.1 Å². The summed E-state index contributed by atoms with van der Waals surface area (Å²) >= 11 is 0. The molecule has 0 heterocycles. The van der Waals surface area contributed by atoms with Gasteiger partial charge in [0.15, 0.2) is 0 Å². The zero-order valence-electron chi connectivity index (χ0n) is 12.7. The summed E-state index contributed by atoms with van der Waals surface area (Å²) in [5.41, 5.74) is 4.10. The number of amides is 1. The van der Waals surface area contributed by atoms with E-state index >= 15 is 0 Å². The molecule has 0 aliphatic carbocycles. The van der Waals surface area contributed by atoms with Gasteiger partial charge < -0.3 is 0 Å². The molecule has 2 aromatic rings. The summed E-state index contributed by atoms with van der Waals surface area (Å²) in [5, 5.41) is 8.48. The Bertz CT molecular complexity index is 657. The number of carbonyl (C=O) groups excluding carboxylic acids is 1. The predicted molar refractivity (Wildman–Crippen MR) is 83.1 cm³/mol. The third-order valence-electron chi connectivity index (χ3n) is 3.69. The van der Waals surface area contributed by atoms with Crippen LogP contribution in [0.15, 0.2) is 42.5 Å². The van der Waals surface area contributed by atoms with Crippen LogP contribution in [0.1, 0.15) is 29.5 Å². The molecule has 0 bridgehead atoms. The third kappa shape index (κ3) is 5.45. The van der Waals surface area contributed by atoms with Crippen molar-refractivity contribution in [3.05, 3.63) is 70.8 Å². The van der Waals surface area contributed by atoms with Crippen molar-refractivity contribution in [3.63, 3.8) is 0 Å². The minimum Gasteiger partial charge on any atom is -0.289 e. The minimum atomic E-state index is -0.554. The SMILES string of the molecule is O=C(Cc1ccc(CCCCc2ccc(F)cc2F)cc1)NO. The van der Waals surface area contributed by atoms with Crippen molar-refractivity contribution in [2.75, 3.05) is 0 Å². The van der Waals surface area contributed by atoms with Crippen molar-refractivity contribution in [1.29, 1.82) is 0 Å². The molecular weight excluding hydrogens is 300 g/mol. The summed E-state index contributed by atoms with van der Waals surface area (Å²) < 4.78 is 26.3. The quantitative estimate of drug-likeness (QED) is 0.465. The molecule has 23 heavy (non-hydrogen) atoms. The summed E-state index contributed by atoms with van der Waals surface area (Å²) in [7, 11) is 0. The van der Waals surface area contributed by atoms with Crippen LogP contribution in [0.3, 0.4) is 0 Å².